The third-order valence-electron chi connectivity index (χ3n) is 6.17. The molecule has 252 valence electrons. The minimum atomic E-state index is -1.47. The third kappa shape index (κ3) is 12.3. The van der Waals surface area contributed by atoms with E-state index in [9.17, 15) is 29.4 Å². The Morgan fingerprint density at radius 3 is 1.17 bits per heavy atom. The lowest BCUT2D eigenvalue weighted by molar-refractivity contribution is -0.147. The normalized spacial score (nSPS) is 12.2. The molecule has 0 saturated heterocycles. The minimum absolute atomic E-state index is 0.0178. The van der Waals surface area contributed by atoms with Gasteiger partial charge in [-0.05, 0) is 104 Å². The molecule has 0 bridgehead atoms. The monoisotopic (exact) mass is 694 g/mol. The van der Waals surface area contributed by atoms with Gasteiger partial charge in [0.25, 0.3) is 0 Å². The van der Waals surface area contributed by atoms with Crippen molar-refractivity contribution in [1.82, 2.24) is 0 Å². The standard InChI is InChI=1S/C33H42O10S3/c1-30(2,38)25(34)21-9-13-23(14-10-21)40-17-19-42-27(36)32(5,6)45-29(44)46-33(7,8)28(37)43-20-18-41-24-15-11-22(12-16-24)26(35)31(3,4)39/h9-16,38-39H,17-20H2,1-8H3. The summed E-state index contributed by atoms with van der Waals surface area (Å²) in [7, 11) is 0. The van der Waals surface area contributed by atoms with Gasteiger partial charge in [-0.3, -0.25) is 19.2 Å². The summed E-state index contributed by atoms with van der Waals surface area (Å²) in [5.74, 6) is -0.874. The van der Waals surface area contributed by atoms with Gasteiger partial charge in [-0.1, -0.05) is 35.7 Å². The van der Waals surface area contributed by atoms with Gasteiger partial charge in [-0.25, -0.2) is 0 Å². The van der Waals surface area contributed by atoms with Crippen molar-refractivity contribution in [3.63, 3.8) is 0 Å². The van der Waals surface area contributed by atoms with Crippen LogP contribution in [0.1, 0.15) is 76.1 Å². The van der Waals surface area contributed by atoms with E-state index in [1.54, 1.807) is 76.2 Å². The fraction of sp³-hybridized carbons (Fsp3) is 0.485. The van der Waals surface area contributed by atoms with Crippen molar-refractivity contribution >= 4 is 62.8 Å². The first kappa shape index (κ1) is 39.2. The molecule has 2 aromatic rings. The van der Waals surface area contributed by atoms with Crippen LogP contribution in [0.15, 0.2) is 48.5 Å². The topological polar surface area (TPSA) is 146 Å². The molecule has 0 atom stereocenters. The number of rotatable bonds is 16. The SMILES string of the molecule is CC(C)(O)C(=O)c1ccc(OCCOC(=O)C(C)(C)SC(=S)SC(C)(C)C(=O)OCCOc2ccc(C(=O)C(C)(C)O)cc2)cc1. The van der Waals surface area contributed by atoms with Crippen LogP contribution < -0.4 is 9.47 Å². The second-order valence-corrected chi connectivity index (χ2v) is 16.7. The number of hydrogen-bond acceptors (Lipinski definition) is 13. The maximum Gasteiger partial charge on any atom is 0.322 e. The van der Waals surface area contributed by atoms with Gasteiger partial charge in [0.15, 0.2) is 11.6 Å². The zero-order chi connectivity index (χ0) is 34.9. The van der Waals surface area contributed by atoms with Crippen LogP contribution >= 0.6 is 35.7 Å². The van der Waals surface area contributed by atoms with Gasteiger partial charge in [-0.15, -0.1) is 0 Å². The van der Waals surface area contributed by atoms with Crippen molar-refractivity contribution in [1.29, 1.82) is 0 Å². The average molecular weight is 695 g/mol. The summed E-state index contributed by atoms with van der Waals surface area (Å²) in [6, 6.07) is 12.6. The van der Waals surface area contributed by atoms with Gasteiger partial charge in [0.2, 0.25) is 0 Å². The molecule has 0 unspecified atom stereocenters. The molecule has 2 aromatic carbocycles. The number of aliphatic hydroxyl groups is 2. The molecule has 0 aliphatic carbocycles. The molecule has 0 aliphatic rings. The molecule has 2 rings (SSSR count). The Hall–Kier alpha value is -2.97. The first-order valence-electron chi connectivity index (χ1n) is 14.4. The van der Waals surface area contributed by atoms with Crippen molar-refractivity contribution in [2.75, 3.05) is 26.4 Å². The third-order valence-corrected chi connectivity index (χ3v) is 8.86. The number of ether oxygens (including phenoxy) is 4. The summed E-state index contributed by atoms with van der Waals surface area (Å²) in [5.41, 5.74) is -2.24. The van der Waals surface area contributed by atoms with E-state index in [-0.39, 0.29) is 26.4 Å². The van der Waals surface area contributed by atoms with Crippen LogP contribution in [0, 0.1) is 0 Å². The molecule has 0 spiro atoms. The number of esters is 2. The van der Waals surface area contributed by atoms with E-state index in [1.165, 1.54) is 27.7 Å². The maximum absolute atomic E-state index is 12.7. The Kier molecular flexibility index (Phi) is 13.8. The van der Waals surface area contributed by atoms with Crippen LogP contribution in [-0.4, -0.2) is 84.4 Å². The van der Waals surface area contributed by atoms with Gasteiger partial charge in [-0.2, -0.15) is 0 Å². The van der Waals surface area contributed by atoms with E-state index in [1.807, 2.05) is 0 Å². The van der Waals surface area contributed by atoms with E-state index in [0.717, 1.165) is 23.5 Å². The van der Waals surface area contributed by atoms with Crippen molar-refractivity contribution in [2.24, 2.45) is 0 Å². The average Bonchev–Trinajstić information content (AvgIpc) is 2.95. The van der Waals surface area contributed by atoms with E-state index < -0.39 is 44.2 Å². The molecule has 0 aliphatic heterocycles. The van der Waals surface area contributed by atoms with Crippen LogP contribution in [0.25, 0.3) is 0 Å². The lowest BCUT2D eigenvalue weighted by Gasteiger charge is -2.26. The van der Waals surface area contributed by atoms with Crippen molar-refractivity contribution in [2.45, 2.75) is 76.1 Å². The van der Waals surface area contributed by atoms with Gasteiger partial charge in [0.05, 0.1) is 0 Å². The molecule has 0 aromatic heterocycles. The highest BCUT2D eigenvalue weighted by atomic mass is 32.2. The summed E-state index contributed by atoms with van der Waals surface area (Å²) >= 11 is 7.67. The smallest absolute Gasteiger partial charge is 0.322 e. The summed E-state index contributed by atoms with van der Waals surface area (Å²) in [4.78, 5) is 49.8. The number of thiocarbonyl (C=S) groups is 1. The summed E-state index contributed by atoms with van der Waals surface area (Å²) < 4.78 is 20.2. The van der Waals surface area contributed by atoms with E-state index >= 15 is 0 Å². The van der Waals surface area contributed by atoms with Crippen LogP contribution in [0.3, 0.4) is 0 Å². The second-order valence-electron chi connectivity index (χ2n) is 12.3. The number of Topliss-reactive ketones (excluding diaryl/α,β-unsaturated/α-hetero) is 2. The molecule has 13 heteroatoms. The molecule has 0 saturated carbocycles. The lowest BCUT2D eigenvalue weighted by Crippen LogP contribution is -2.35. The number of carbonyl (C=O) groups excluding carboxylic acids is 4. The minimum Gasteiger partial charge on any atom is -0.490 e. The number of benzene rings is 2. The molecule has 0 heterocycles. The van der Waals surface area contributed by atoms with Crippen molar-refractivity contribution < 1.29 is 48.3 Å². The molecule has 0 amide bonds. The zero-order valence-corrected chi connectivity index (χ0v) is 29.8. The highest BCUT2D eigenvalue weighted by Gasteiger charge is 2.37. The summed E-state index contributed by atoms with van der Waals surface area (Å²) in [6.45, 7) is 12.5. The van der Waals surface area contributed by atoms with Gasteiger partial charge >= 0.3 is 11.9 Å². The predicted octanol–water partition coefficient (Wildman–Crippen LogP) is 5.45. The highest BCUT2D eigenvalue weighted by Crippen LogP contribution is 2.38. The first-order chi connectivity index (χ1) is 21.1. The number of ketones is 2. The fourth-order valence-corrected chi connectivity index (χ4v) is 7.35. The number of carbonyl (C=O) groups is 4. The van der Waals surface area contributed by atoms with Crippen molar-refractivity contribution in [3.8, 4) is 11.5 Å². The quantitative estimate of drug-likeness (QED) is 0.0996. The summed E-state index contributed by atoms with van der Waals surface area (Å²) in [6.07, 6.45) is 0. The largest absolute Gasteiger partial charge is 0.490 e. The molecule has 10 nitrogen and oxygen atoms in total. The zero-order valence-electron chi connectivity index (χ0n) is 27.3. The van der Waals surface area contributed by atoms with Gasteiger partial charge in [0.1, 0.15) is 62.2 Å². The molecule has 0 radical (unpaired) electrons. The predicted molar refractivity (Wildman–Crippen MR) is 183 cm³/mol. The number of thioether (sulfide) groups is 2. The molecular weight excluding hydrogens is 653 g/mol. The molecule has 2 N–H and O–H groups in total. The Bertz CT molecular complexity index is 1280. The molecular formula is C33H42O10S3. The Balaban J connectivity index is 1.74. The van der Waals surface area contributed by atoms with E-state index in [2.05, 4.69) is 0 Å². The van der Waals surface area contributed by atoms with Gasteiger partial charge in [0, 0.05) is 11.1 Å². The number of hydrogen-bond donors (Lipinski definition) is 2. The Labute approximate surface area is 283 Å². The van der Waals surface area contributed by atoms with E-state index in [0.29, 0.717) is 26.2 Å². The first-order valence-corrected chi connectivity index (χ1v) is 16.4. The lowest BCUT2D eigenvalue weighted by atomic mass is 9.97. The Morgan fingerprint density at radius 1 is 0.587 bits per heavy atom. The Morgan fingerprint density at radius 2 is 0.891 bits per heavy atom. The molecule has 0 fully saturated rings. The van der Waals surface area contributed by atoms with Crippen LogP contribution in [0.2, 0.25) is 0 Å². The van der Waals surface area contributed by atoms with Crippen molar-refractivity contribution in [3.05, 3.63) is 59.7 Å². The fourth-order valence-electron chi connectivity index (χ4n) is 3.57. The summed E-state index contributed by atoms with van der Waals surface area (Å²) in [5, 5.41) is 19.7. The van der Waals surface area contributed by atoms with E-state index in [4.69, 9.17) is 31.2 Å². The highest BCUT2D eigenvalue weighted by molar-refractivity contribution is 8.48. The van der Waals surface area contributed by atoms with Gasteiger partial charge < -0.3 is 29.2 Å². The maximum atomic E-state index is 12.7. The second kappa shape index (κ2) is 16.2. The van der Waals surface area contributed by atoms with Crippen LogP contribution in [-0.2, 0) is 19.1 Å². The van der Waals surface area contributed by atoms with Crippen LogP contribution in [0.5, 0.6) is 11.5 Å². The van der Waals surface area contributed by atoms with Crippen LogP contribution in [0.4, 0.5) is 0 Å². The molecule has 46 heavy (non-hydrogen) atoms.